The predicted molar refractivity (Wildman–Crippen MR) is 84.7 cm³/mol. The molecule has 6 atom stereocenters. The number of hydrogen-bond acceptors (Lipinski definition) is 15. The van der Waals surface area contributed by atoms with Crippen LogP contribution in [0.4, 0.5) is 0 Å². The average molecular weight is 588 g/mol. The van der Waals surface area contributed by atoms with Crippen LogP contribution < -0.4 is 149 Å². The molecule has 3 N–H and O–H groups in total. The van der Waals surface area contributed by atoms with Crippen LogP contribution in [0.1, 0.15) is 5.37 Å². The summed E-state index contributed by atoms with van der Waals surface area (Å²) in [6.07, 6.45) is -2.26. The summed E-state index contributed by atoms with van der Waals surface area (Å²) in [5.41, 5.74) is -1.65. The van der Waals surface area contributed by atoms with Crippen molar-refractivity contribution in [2.45, 2.75) is 22.8 Å². The summed E-state index contributed by atoms with van der Waals surface area (Å²) in [6, 6.07) is 0.959. The molecule has 1 saturated heterocycles. The van der Waals surface area contributed by atoms with E-state index >= 15 is 0 Å². The van der Waals surface area contributed by atoms with E-state index in [2.05, 4.69) is 13.1 Å². The summed E-state index contributed by atoms with van der Waals surface area (Å²) in [4.78, 5) is 67.8. The number of rotatable bonds is 8. The second-order valence-electron chi connectivity index (χ2n) is 5.36. The van der Waals surface area contributed by atoms with Crippen molar-refractivity contribution in [3.05, 3.63) is 33.1 Å². The Morgan fingerprint density at radius 2 is 1.52 bits per heavy atom. The van der Waals surface area contributed by atoms with Crippen LogP contribution in [0, 0.1) is 0 Å². The molecule has 0 aliphatic carbocycles. The number of aromatic amines is 1. The van der Waals surface area contributed by atoms with Gasteiger partial charge in [-0.05, 0) is 0 Å². The van der Waals surface area contributed by atoms with Gasteiger partial charge in [-0.25, -0.2) is 9.11 Å². The molecule has 1 aliphatic rings. The average Bonchev–Trinajstić information content (AvgIpc) is 2.78. The van der Waals surface area contributed by atoms with E-state index in [1.807, 2.05) is 4.98 Å². The van der Waals surface area contributed by atoms with Crippen LogP contribution in [-0.2, 0) is 26.8 Å². The molecule has 0 amide bonds. The van der Waals surface area contributed by atoms with E-state index in [-0.39, 0.29) is 118 Å². The predicted octanol–water partition coefficient (Wildman–Crippen LogP) is -16.3. The normalized spacial score (nSPS) is 25.8. The van der Waals surface area contributed by atoms with Crippen molar-refractivity contribution >= 4 is 35.2 Å². The zero-order chi connectivity index (χ0) is 22.2. The Kier molecular flexibility index (Phi) is 20.4. The quantitative estimate of drug-likeness (QED) is 0.188. The summed E-state index contributed by atoms with van der Waals surface area (Å²) in [7, 11) is -18.0. The van der Waals surface area contributed by atoms with Gasteiger partial charge in [0, 0.05) is 12.3 Å². The molecule has 33 heavy (non-hydrogen) atoms. The van der Waals surface area contributed by atoms with Gasteiger partial charge in [-0.1, -0.05) is 0 Å². The molecule has 0 bridgehead atoms. The number of hydrogen-bond donors (Lipinski definition) is 3. The van der Waals surface area contributed by atoms with Crippen LogP contribution in [0.15, 0.2) is 21.9 Å². The maximum Gasteiger partial charge on any atom is 1.00 e. The molecular weight excluding hydrogens is 577 g/mol. The van der Waals surface area contributed by atoms with Crippen molar-refractivity contribution in [2.75, 3.05) is 6.61 Å². The number of nitrogens with one attached hydrogen (secondary N) is 1. The number of phosphoric ester groups is 1. The topological polar surface area (TPSA) is 266 Å². The molecule has 2 unspecified atom stereocenters. The molecule has 2 rings (SSSR count). The van der Waals surface area contributed by atoms with E-state index in [1.165, 1.54) is 0 Å². The van der Waals surface area contributed by atoms with Gasteiger partial charge in [0.25, 0.3) is 21.2 Å². The van der Waals surface area contributed by atoms with Gasteiger partial charge in [-0.2, -0.15) is 0 Å². The van der Waals surface area contributed by atoms with Crippen LogP contribution >= 0.6 is 35.2 Å². The third kappa shape index (κ3) is 13.3. The fraction of sp³-hybridized carbons (Fsp3) is 0.556. The molecular formula is C9H11N2Na4O14P3S. The van der Waals surface area contributed by atoms with Gasteiger partial charge in [0.05, 0.1) is 25.8 Å². The SMILES string of the molecule is O=c1ccn([C@@H]2S[C@H](COP(=O)([O-])OP(=O)([O-])OP(=O)([O-])[O-])[C@@H](O)[C@H]2O)c(=O)[nH]1.[Na+].[Na+].[Na+].[Na+]. The smallest absolute Gasteiger partial charge is 0.790 e. The first-order valence-electron chi connectivity index (χ1n) is 7.15. The third-order valence-corrected chi connectivity index (χ3v) is 8.47. The molecule has 1 aromatic rings. The summed E-state index contributed by atoms with van der Waals surface area (Å²) in [5, 5.41) is 17.6. The Bertz CT molecular complexity index is 1020. The van der Waals surface area contributed by atoms with Crippen LogP contribution in [0.25, 0.3) is 0 Å². The number of H-pyrrole nitrogens is 1. The van der Waals surface area contributed by atoms with Crippen molar-refractivity contribution in [1.82, 2.24) is 9.55 Å². The summed E-state index contributed by atoms with van der Waals surface area (Å²) in [5.74, 6) is 0. The number of nitrogens with zero attached hydrogens (tertiary/aromatic N) is 1. The van der Waals surface area contributed by atoms with E-state index in [4.69, 9.17) is 0 Å². The molecule has 0 aromatic carbocycles. The molecule has 0 spiro atoms. The number of thioether (sulfide) groups is 1. The molecule has 0 radical (unpaired) electrons. The fourth-order valence-corrected chi connectivity index (χ4v) is 6.60. The summed E-state index contributed by atoms with van der Waals surface area (Å²) in [6.45, 7) is -0.981. The monoisotopic (exact) mass is 588 g/mol. The van der Waals surface area contributed by atoms with Gasteiger partial charge >= 0.3 is 124 Å². The maximum absolute atomic E-state index is 11.8. The van der Waals surface area contributed by atoms with Gasteiger partial charge in [-0.3, -0.25) is 27.8 Å². The molecule has 0 saturated carbocycles. The minimum absolute atomic E-state index is 0. The zero-order valence-corrected chi connectivity index (χ0v) is 29.2. The van der Waals surface area contributed by atoms with E-state index < -0.39 is 64.2 Å². The third-order valence-electron chi connectivity index (χ3n) is 3.26. The van der Waals surface area contributed by atoms with E-state index in [1.54, 1.807) is 0 Å². The first-order valence-corrected chi connectivity index (χ1v) is 12.5. The van der Waals surface area contributed by atoms with E-state index in [0.29, 0.717) is 11.8 Å². The standard InChI is InChI=1S/C9H15N2O14P3S.4Na/c12-5-1-2-11(9(15)10-5)8-7(14)6(13)4(29-8)3-23-27(19,20)25-28(21,22)24-26(16,17)18;;;;/h1-2,4,6-8,13-14H,3H2,(H,19,20)(H,21,22)(H,10,12,15)(H2,16,17,18);;;;/q;4*+1/p-4/t4-,6-,7-,8-;;;;/m1..../s1. The molecule has 24 heteroatoms. The van der Waals surface area contributed by atoms with Crippen molar-refractivity contribution < 1.29 is 175 Å². The molecule has 1 fully saturated rings. The van der Waals surface area contributed by atoms with Crippen molar-refractivity contribution in [3.8, 4) is 0 Å². The molecule has 2 heterocycles. The van der Waals surface area contributed by atoms with Gasteiger partial charge in [0.15, 0.2) is 0 Å². The van der Waals surface area contributed by atoms with E-state index in [9.17, 15) is 53.1 Å². The Balaban J connectivity index is -0.00000225. The van der Waals surface area contributed by atoms with Crippen molar-refractivity contribution in [3.63, 3.8) is 0 Å². The van der Waals surface area contributed by atoms with Gasteiger partial charge in [0.2, 0.25) is 0 Å². The summed E-state index contributed by atoms with van der Waals surface area (Å²) >= 11 is 0.646. The Labute approximate surface area is 278 Å². The second kappa shape index (κ2) is 16.5. The maximum atomic E-state index is 11.8. The molecule has 1 aromatic heterocycles. The zero-order valence-electron chi connectivity index (χ0n) is 17.7. The van der Waals surface area contributed by atoms with Crippen molar-refractivity contribution in [1.29, 1.82) is 0 Å². The van der Waals surface area contributed by atoms with Gasteiger partial charge in [0.1, 0.15) is 11.5 Å². The number of aromatic nitrogens is 2. The summed E-state index contributed by atoms with van der Waals surface area (Å²) < 4.78 is 44.3. The largest absolute Gasteiger partial charge is 1.00 e. The first-order chi connectivity index (χ1) is 13.1. The van der Waals surface area contributed by atoms with Crippen LogP contribution in [0.2, 0.25) is 0 Å². The first kappa shape index (κ1) is 40.9. The van der Waals surface area contributed by atoms with Gasteiger partial charge in [-0.15, -0.1) is 11.8 Å². The minimum Gasteiger partial charge on any atom is -0.790 e. The van der Waals surface area contributed by atoms with Crippen molar-refractivity contribution in [2.24, 2.45) is 0 Å². The van der Waals surface area contributed by atoms with Crippen LogP contribution in [-0.4, -0.2) is 43.8 Å². The number of aliphatic hydroxyl groups is 2. The van der Waals surface area contributed by atoms with Crippen LogP contribution in [0.3, 0.4) is 0 Å². The van der Waals surface area contributed by atoms with Gasteiger partial charge < -0.3 is 38.9 Å². The van der Waals surface area contributed by atoms with Crippen LogP contribution in [0.5, 0.6) is 0 Å². The number of aliphatic hydroxyl groups excluding tert-OH is 2. The molecule has 16 nitrogen and oxygen atoms in total. The minimum atomic E-state index is -6.13. The molecule has 1 aliphatic heterocycles. The molecule has 166 valence electrons. The Hall–Kier alpha value is 3.36. The Morgan fingerprint density at radius 3 is 2.00 bits per heavy atom. The second-order valence-corrected chi connectivity index (χ2v) is 11.0. The fourth-order valence-electron chi connectivity index (χ4n) is 2.17. The van der Waals surface area contributed by atoms with E-state index in [0.717, 1.165) is 16.8 Å². The Morgan fingerprint density at radius 1 is 0.970 bits per heavy atom. The number of phosphoric acid groups is 3.